The van der Waals surface area contributed by atoms with Gasteiger partial charge in [0.15, 0.2) is 5.82 Å². The van der Waals surface area contributed by atoms with E-state index in [1.54, 1.807) is 12.4 Å². The summed E-state index contributed by atoms with van der Waals surface area (Å²) >= 11 is 0. The molecule has 0 radical (unpaired) electrons. The molecule has 1 saturated heterocycles. The van der Waals surface area contributed by atoms with Crippen molar-refractivity contribution in [3.8, 4) is 0 Å². The molecule has 1 unspecified atom stereocenters. The smallest absolute Gasteiger partial charge is 0.158 e. The van der Waals surface area contributed by atoms with Gasteiger partial charge in [-0.25, -0.2) is 10.8 Å². The minimum absolute atomic E-state index is 0.598. The molecule has 2 heterocycles. The highest BCUT2D eigenvalue weighted by atomic mass is 15.3. The third-order valence-corrected chi connectivity index (χ3v) is 3.28. The van der Waals surface area contributed by atoms with Crippen LogP contribution in [0.4, 0.5) is 5.82 Å². The maximum absolute atomic E-state index is 5.25. The van der Waals surface area contributed by atoms with Crippen molar-refractivity contribution in [1.82, 2.24) is 19.8 Å². The quantitative estimate of drug-likeness (QED) is 0.564. The van der Waals surface area contributed by atoms with Crippen LogP contribution in [0.25, 0.3) is 0 Å². The summed E-state index contributed by atoms with van der Waals surface area (Å²) in [5.74, 6) is 5.85. The molecular formula is C11H20N6. The zero-order valence-electron chi connectivity index (χ0n) is 10.4. The molecule has 2 rings (SSSR count). The Kier molecular flexibility index (Phi) is 3.88. The first kappa shape index (κ1) is 12.2. The van der Waals surface area contributed by atoms with Crippen molar-refractivity contribution in [2.75, 3.05) is 32.1 Å². The molecule has 1 aliphatic heterocycles. The first-order valence-corrected chi connectivity index (χ1v) is 5.89. The molecule has 1 fully saturated rings. The van der Waals surface area contributed by atoms with E-state index >= 15 is 0 Å². The molecule has 0 saturated carbocycles. The Morgan fingerprint density at radius 3 is 2.82 bits per heavy atom. The minimum atomic E-state index is 0.598. The van der Waals surface area contributed by atoms with Crippen LogP contribution >= 0.6 is 0 Å². The fraction of sp³-hybridized carbons (Fsp3) is 0.636. The summed E-state index contributed by atoms with van der Waals surface area (Å²) in [6.45, 7) is 6.38. The van der Waals surface area contributed by atoms with Gasteiger partial charge in [-0.05, 0) is 14.0 Å². The molecule has 1 aliphatic rings. The molecule has 0 aromatic carbocycles. The summed E-state index contributed by atoms with van der Waals surface area (Å²) in [5.41, 5.74) is 3.46. The number of likely N-dealkylation sites (N-methyl/N-ethyl adjacent to an activating group) is 1. The fourth-order valence-electron chi connectivity index (χ4n) is 2.01. The van der Waals surface area contributed by atoms with E-state index in [4.69, 9.17) is 5.84 Å². The summed E-state index contributed by atoms with van der Waals surface area (Å²) in [7, 11) is 2.17. The van der Waals surface area contributed by atoms with E-state index in [1.807, 2.05) is 0 Å². The van der Waals surface area contributed by atoms with E-state index in [1.165, 1.54) is 0 Å². The number of anilines is 1. The Labute approximate surface area is 102 Å². The number of hydrogen-bond acceptors (Lipinski definition) is 6. The maximum atomic E-state index is 5.25. The van der Waals surface area contributed by atoms with Crippen LogP contribution in [-0.2, 0) is 6.54 Å². The van der Waals surface area contributed by atoms with Gasteiger partial charge in [0, 0.05) is 32.2 Å². The Bertz CT molecular complexity index is 351. The van der Waals surface area contributed by atoms with Gasteiger partial charge < -0.3 is 10.3 Å². The van der Waals surface area contributed by atoms with Crippen molar-refractivity contribution in [3.05, 3.63) is 18.1 Å². The van der Waals surface area contributed by atoms with Gasteiger partial charge in [-0.2, -0.15) is 0 Å². The standard InChI is InChI=1S/C11H20N6/c1-9-7-17(4-3-16(9)2)8-10-5-14-11(15-12)6-13-10/h5-6,9H,3-4,7-8,12H2,1-2H3,(H,14,15). The highest BCUT2D eigenvalue weighted by Gasteiger charge is 2.20. The number of hydrogen-bond donors (Lipinski definition) is 2. The summed E-state index contributed by atoms with van der Waals surface area (Å²) in [6.07, 6.45) is 3.44. The maximum Gasteiger partial charge on any atom is 0.158 e. The van der Waals surface area contributed by atoms with Crippen LogP contribution in [0.1, 0.15) is 12.6 Å². The topological polar surface area (TPSA) is 70.3 Å². The molecule has 1 atom stereocenters. The molecular weight excluding hydrogens is 216 g/mol. The van der Waals surface area contributed by atoms with Crippen LogP contribution < -0.4 is 11.3 Å². The van der Waals surface area contributed by atoms with Gasteiger partial charge in [0.2, 0.25) is 0 Å². The number of rotatable bonds is 3. The lowest BCUT2D eigenvalue weighted by Crippen LogP contribution is -2.49. The van der Waals surface area contributed by atoms with Crippen molar-refractivity contribution in [3.63, 3.8) is 0 Å². The van der Waals surface area contributed by atoms with Crippen LogP contribution in [0, 0.1) is 0 Å². The Balaban J connectivity index is 1.92. The van der Waals surface area contributed by atoms with Crippen molar-refractivity contribution < 1.29 is 0 Å². The predicted molar refractivity (Wildman–Crippen MR) is 67.2 cm³/mol. The highest BCUT2D eigenvalue weighted by Crippen LogP contribution is 2.10. The molecule has 1 aromatic rings. The molecule has 17 heavy (non-hydrogen) atoms. The van der Waals surface area contributed by atoms with Crippen molar-refractivity contribution in [2.45, 2.75) is 19.5 Å². The molecule has 0 amide bonds. The van der Waals surface area contributed by atoms with E-state index in [9.17, 15) is 0 Å². The van der Waals surface area contributed by atoms with Crippen LogP contribution in [0.3, 0.4) is 0 Å². The molecule has 6 nitrogen and oxygen atoms in total. The van der Waals surface area contributed by atoms with Crippen LogP contribution in [0.15, 0.2) is 12.4 Å². The number of hydrazine groups is 1. The number of piperazine rings is 1. The first-order valence-electron chi connectivity index (χ1n) is 5.89. The number of nitrogens with one attached hydrogen (secondary N) is 1. The number of nitrogens with zero attached hydrogens (tertiary/aromatic N) is 4. The zero-order chi connectivity index (χ0) is 12.3. The Morgan fingerprint density at radius 1 is 1.41 bits per heavy atom. The minimum Gasteiger partial charge on any atom is -0.307 e. The van der Waals surface area contributed by atoms with Gasteiger partial charge in [0.05, 0.1) is 18.1 Å². The summed E-state index contributed by atoms with van der Waals surface area (Å²) < 4.78 is 0. The van der Waals surface area contributed by atoms with E-state index in [-0.39, 0.29) is 0 Å². The molecule has 1 aromatic heterocycles. The average molecular weight is 236 g/mol. The van der Waals surface area contributed by atoms with Crippen molar-refractivity contribution >= 4 is 5.82 Å². The molecule has 6 heteroatoms. The Morgan fingerprint density at radius 2 is 2.24 bits per heavy atom. The van der Waals surface area contributed by atoms with E-state index < -0.39 is 0 Å². The second kappa shape index (κ2) is 5.39. The monoisotopic (exact) mass is 236 g/mol. The molecule has 0 bridgehead atoms. The van der Waals surface area contributed by atoms with Gasteiger partial charge in [-0.15, -0.1) is 0 Å². The average Bonchev–Trinajstić information content (AvgIpc) is 2.35. The SMILES string of the molecule is CC1CN(Cc2cnc(NN)cn2)CCN1C. The fourth-order valence-corrected chi connectivity index (χ4v) is 2.01. The third-order valence-electron chi connectivity index (χ3n) is 3.28. The predicted octanol–water partition coefficient (Wildman–Crippen LogP) is -0.102. The first-order chi connectivity index (χ1) is 8.19. The molecule has 3 N–H and O–H groups in total. The summed E-state index contributed by atoms with van der Waals surface area (Å²) in [6, 6.07) is 0.599. The van der Waals surface area contributed by atoms with Crippen LogP contribution in [-0.4, -0.2) is 52.5 Å². The number of aromatic nitrogens is 2. The second-order valence-electron chi connectivity index (χ2n) is 4.60. The normalized spacial score (nSPS) is 22.6. The van der Waals surface area contributed by atoms with Crippen LogP contribution in [0.2, 0.25) is 0 Å². The molecule has 0 aliphatic carbocycles. The number of nitrogens with two attached hydrogens (primary N) is 1. The molecule has 94 valence electrons. The lowest BCUT2D eigenvalue weighted by Gasteiger charge is -2.37. The second-order valence-corrected chi connectivity index (χ2v) is 4.60. The van der Waals surface area contributed by atoms with E-state index in [2.05, 4.69) is 39.2 Å². The summed E-state index contributed by atoms with van der Waals surface area (Å²) in [5, 5.41) is 0. The van der Waals surface area contributed by atoms with Gasteiger partial charge >= 0.3 is 0 Å². The van der Waals surface area contributed by atoms with E-state index in [0.717, 1.165) is 31.9 Å². The lowest BCUT2D eigenvalue weighted by molar-refractivity contribution is 0.0990. The van der Waals surface area contributed by atoms with Gasteiger partial charge in [0.25, 0.3) is 0 Å². The summed E-state index contributed by atoms with van der Waals surface area (Å²) in [4.78, 5) is 13.3. The van der Waals surface area contributed by atoms with Crippen molar-refractivity contribution in [1.29, 1.82) is 0 Å². The van der Waals surface area contributed by atoms with Gasteiger partial charge in [-0.3, -0.25) is 9.88 Å². The third kappa shape index (κ3) is 3.12. The Hall–Kier alpha value is -1.24. The zero-order valence-corrected chi connectivity index (χ0v) is 10.4. The largest absolute Gasteiger partial charge is 0.307 e. The highest BCUT2D eigenvalue weighted by molar-refractivity contribution is 5.28. The lowest BCUT2D eigenvalue weighted by atomic mass is 10.2. The van der Waals surface area contributed by atoms with Crippen molar-refractivity contribution in [2.24, 2.45) is 5.84 Å². The van der Waals surface area contributed by atoms with Gasteiger partial charge in [0.1, 0.15) is 0 Å². The van der Waals surface area contributed by atoms with Crippen LogP contribution in [0.5, 0.6) is 0 Å². The molecule has 0 spiro atoms. The van der Waals surface area contributed by atoms with E-state index in [0.29, 0.717) is 11.9 Å². The number of nitrogen functional groups attached to an aromatic ring is 1. The van der Waals surface area contributed by atoms with Gasteiger partial charge in [-0.1, -0.05) is 0 Å².